The summed E-state index contributed by atoms with van der Waals surface area (Å²) in [6.45, 7) is 0. The quantitative estimate of drug-likeness (QED) is 0.795. The molecule has 21 heavy (non-hydrogen) atoms. The lowest BCUT2D eigenvalue weighted by atomic mass is 10.2. The van der Waals surface area contributed by atoms with Crippen LogP contribution in [0.3, 0.4) is 0 Å². The van der Waals surface area contributed by atoms with Gasteiger partial charge in [-0.15, -0.1) is 5.10 Å². The first-order chi connectivity index (χ1) is 10.1. The summed E-state index contributed by atoms with van der Waals surface area (Å²) < 4.78 is 23.3. The monoisotopic (exact) mass is 300 g/mol. The van der Waals surface area contributed by atoms with Gasteiger partial charge in [0.05, 0.1) is 16.8 Å². The van der Waals surface area contributed by atoms with E-state index in [2.05, 4.69) is 10.2 Å². The van der Waals surface area contributed by atoms with Crippen molar-refractivity contribution in [3.63, 3.8) is 0 Å². The lowest BCUT2D eigenvalue weighted by molar-refractivity contribution is 0.598. The SMILES string of the molecule is NS(=O)(=O)c1ccccc1-c1cnn(-c2ccccc2)n1. The molecule has 0 aliphatic carbocycles. The normalized spacial score (nSPS) is 11.5. The maximum absolute atomic E-state index is 11.6. The Labute approximate surface area is 121 Å². The maximum Gasteiger partial charge on any atom is 0.238 e. The van der Waals surface area contributed by atoms with Crippen LogP contribution in [0.2, 0.25) is 0 Å². The Hall–Kier alpha value is -2.51. The number of rotatable bonds is 3. The van der Waals surface area contributed by atoms with Gasteiger partial charge in [0.2, 0.25) is 10.0 Å². The number of para-hydroxylation sites is 1. The zero-order valence-corrected chi connectivity index (χ0v) is 11.7. The van der Waals surface area contributed by atoms with E-state index in [1.807, 2.05) is 30.3 Å². The van der Waals surface area contributed by atoms with E-state index in [0.29, 0.717) is 11.3 Å². The average Bonchev–Trinajstić information content (AvgIpc) is 2.97. The van der Waals surface area contributed by atoms with Crippen molar-refractivity contribution in [3.05, 3.63) is 60.8 Å². The Morgan fingerprint density at radius 2 is 1.62 bits per heavy atom. The van der Waals surface area contributed by atoms with E-state index in [1.54, 1.807) is 18.2 Å². The molecule has 1 heterocycles. The van der Waals surface area contributed by atoms with Crippen molar-refractivity contribution in [2.24, 2.45) is 5.14 Å². The predicted molar refractivity (Wildman–Crippen MR) is 78.2 cm³/mol. The highest BCUT2D eigenvalue weighted by molar-refractivity contribution is 7.89. The van der Waals surface area contributed by atoms with Gasteiger partial charge in [-0.25, -0.2) is 13.6 Å². The van der Waals surface area contributed by atoms with Gasteiger partial charge in [-0.2, -0.15) is 9.90 Å². The zero-order valence-electron chi connectivity index (χ0n) is 10.9. The minimum atomic E-state index is -3.81. The molecule has 2 aromatic carbocycles. The Balaban J connectivity index is 2.10. The van der Waals surface area contributed by atoms with E-state index in [0.717, 1.165) is 5.69 Å². The molecule has 0 radical (unpaired) electrons. The molecule has 3 rings (SSSR count). The molecular formula is C14H12N4O2S. The summed E-state index contributed by atoms with van der Waals surface area (Å²) in [7, 11) is -3.81. The average molecular weight is 300 g/mol. The summed E-state index contributed by atoms with van der Waals surface area (Å²) in [5.74, 6) is 0. The summed E-state index contributed by atoms with van der Waals surface area (Å²) >= 11 is 0. The Morgan fingerprint density at radius 1 is 0.952 bits per heavy atom. The second-order valence-corrected chi connectivity index (χ2v) is 5.93. The number of primary sulfonamides is 1. The van der Waals surface area contributed by atoms with Gasteiger partial charge in [0.15, 0.2) is 0 Å². The van der Waals surface area contributed by atoms with Gasteiger partial charge in [-0.05, 0) is 18.2 Å². The van der Waals surface area contributed by atoms with Crippen molar-refractivity contribution >= 4 is 10.0 Å². The van der Waals surface area contributed by atoms with Crippen molar-refractivity contribution in [3.8, 4) is 16.9 Å². The lowest BCUT2D eigenvalue weighted by Gasteiger charge is -2.04. The van der Waals surface area contributed by atoms with Crippen molar-refractivity contribution in [2.75, 3.05) is 0 Å². The summed E-state index contributed by atoms with van der Waals surface area (Å²) in [4.78, 5) is 1.47. The molecule has 0 spiro atoms. The van der Waals surface area contributed by atoms with E-state index in [-0.39, 0.29) is 4.90 Å². The molecule has 0 bridgehead atoms. The first kappa shape index (κ1) is 13.5. The van der Waals surface area contributed by atoms with E-state index in [4.69, 9.17) is 5.14 Å². The number of aromatic nitrogens is 3. The van der Waals surface area contributed by atoms with Gasteiger partial charge < -0.3 is 0 Å². The second kappa shape index (κ2) is 5.12. The molecule has 6 nitrogen and oxygen atoms in total. The second-order valence-electron chi connectivity index (χ2n) is 4.40. The molecule has 3 aromatic rings. The fraction of sp³-hybridized carbons (Fsp3) is 0. The van der Waals surface area contributed by atoms with Crippen molar-refractivity contribution in [1.29, 1.82) is 0 Å². The molecule has 0 aliphatic rings. The molecular weight excluding hydrogens is 288 g/mol. The van der Waals surface area contributed by atoms with Crippen LogP contribution in [0, 0.1) is 0 Å². The van der Waals surface area contributed by atoms with Crippen molar-refractivity contribution in [2.45, 2.75) is 4.90 Å². The van der Waals surface area contributed by atoms with Gasteiger partial charge in [0.1, 0.15) is 5.69 Å². The van der Waals surface area contributed by atoms with Crippen molar-refractivity contribution < 1.29 is 8.42 Å². The fourth-order valence-electron chi connectivity index (χ4n) is 2.00. The van der Waals surface area contributed by atoms with E-state index < -0.39 is 10.0 Å². The van der Waals surface area contributed by atoms with E-state index >= 15 is 0 Å². The Morgan fingerprint density at radius 3 is 2.33 bits per heavy atom. The number of hydrogen-bond acceptors (Lipinski definition) is 4. The summed E-state index contributed by atoms with van der Waals surface area (Å²) in [5, 5.41) is 13.7. The molecule has 2 N–H and O–H groups in total. The topological polar surface area (TPSA) is 90.9 Å². The van der Waals surface area contributed by atoms with Gasteiger partial charge in [-0.3, -0.25) is 0 Å². The van der Waals surface area contributed by atoms with Gasteiger partial charge in [-0.1, -0.05) is 36.4 Å². The highest BCUT2D eigenvalue weighted by Crippen LogP contribution is 2.24. The molecule has 0 saturated heterocycles. The van der Waals surface area contributed by atoms with Crippen LogP contribution in [0.15, 0.2) is 65.7 Å². The van der Waals surface area contributed by atoms with E-state index in [9.17, 15) is 8.42 Å². The third-order valence-corrected chi connectivity index (χ3v) is 3.92. The predicted octanol–water partition coefficient (Wildman–Crippen LogP) is 1.58. The minimum absolute atomic E-state index is 0.0325. The van der Waals surface area contributed by atoms with Crippen LogP contribution in [0.5, 0.6) is 0 Å². The fourth-order valence-corrected chi connectivity index (χ4v) is 2.75. The van der Waals surface area contributed by atoms with Gasteiger partial charge in [0.25, 0.3) is 0 Å². The molecule has 0 aliphatic heterocycles. The van der Waals surface area contributed by atoms with Crippen LogP contribution < -0.4 is 5.14 Å². The smallest absolute Gasteiger partial charge is 0.225 e. The first-order valence-corrected chi connectivity index (χ1v) is 7.70. The highest BCUT2D eigenvalue weighted by Gasteiger charge is 2.16. The van der Waals surface area contributed by atoms with Crippen LogP contribution in [0.1, 0.15) is 0 Å². The number of sulfonamides is 1. The number of nitrogens with two attached hydrogens (primary N) is 1. The molecule has 0 fully saturated rings. The third kappa shape index (κ3) is 2.69. The van der Waals surface area contributed by atoms with Crippen LogP contribution in [-0.4, -0.2) is 23.4 Å². The standard InChI is InChI=1S/C14H12N4O2S/c15-21(19,20)14-9-5-4-8-12(14)13-10-16-18(17-13)11-6-2-1-3-7-11/h1-10H,(H2,15,19,20). The molecule has 0 atom stereocenters. The molecule has 0 amide bonds. The van der Waals surface area contributed by atoms with Crippen LogP contribution in [-0.2, 0) is 10.0 Å². The van der Waals surface area contributed by atoms with Gasteiger partial charge >= 0.3 is 0 Å². The van der Waals surface area contributed by atoms with Gasteiger partial charge in [0, 0.05) is 5.56 Å². The summed E-state index contributed by atoms with van der Waals surface area (Å²) in [5.41, 5.74) is 1.67. The van der Waals surface area contributed by atoms with Crippen LogP contribution in [0.25, 0.3) is 16.9 Å². The Kier molecular flexibility index (Phi) is 3.28. The number of hydrogen-bond donors (Lipinski definition) is 1. The first-order valence-electron chi connectivity index (χ1n) is 6.16. The molecule has 0 saturated carbocycles. The molecule has 1 aromatic heterocycles. The Bertz CT molecular complexity index is 873. The highest BCUT2D eigenvalue weighted by atomic mass is 32.2. The van der Waals surface area contributed by atoms with Crippen LogP contribution >= 0.6 is 0 Å². The van der Waals surface area contributed by atoms with Crippen molar-refractivity contribution in [1.82, 2.24) is 15.0 Å². The molecule has 106 valence electrons. The number of nitrogens with zero attached hydrogens (tertiary/aromatic N) is 3. The third-order valence-electron chi connectivity index (χ3n) is 2.95. The zero-order chi connectivity index (χ0) is 14.9. The largest absolute Gasteiger partial charge is 0.238 e. The molecule has 0 unspecified atom stereocenters. The summed E-state index contributed by atoms with van der Waals surface area (Å²) in [6.07, 6.45) is 1.51. The minimum Gasteiger partial charge on any atom is -0.225 e. The maximum atomic E-state index is 11.6. The lowest BCUT2D eigenvalue weighted by Crippen LogP contribution is -2.13. The number of benzene rings is 2. The summed E-state index contributed by atoms with van der Waals surface area (Å²) in [6, 6.07) is 15.8. The molecule has 7 heteroatoms. The van der Waals surface area contributed by atoms with E-state index in [1.165, 1.54) is 17.1 Å². The van der Waals surface area contributed by atoms with Crippen LogP contribution in [0.4, 0.5) is 0 Å².